The van der Waals surface area contributed by atoms with Gasteiger partial charge in [-0.25, -0.2) is 0 Å². The summed E-state index contributed by atoms with van der Waals surface area (Å²) in [5.41, 5.74) is 2.08. The highest BCUT2D eigenvalue weighted by atomic mass is 16.5. The van der Waals surface area contributed by atoms with Crippen molar-refractivity contribution in [1.29, 1.82) is 0 Å². The normalized spacial score (nSPS) is 20.6. The number of aliphatic hydroxyl groups excluding tert-OH is 1. The van der Waals surface area contributed by atoms with Crippen LogP contribution in [0.15, 0.2) is 48.3 Å². The van der Waals surface area contributed by atoms with Gasteiger partial charge in [0.25, 0.3) is 11.7 Å². The van der Waals surface area contributed by atoms with Crippen LogP contribution in [0.2, 0.25) is 0 Å². The van der Waals surface area contributed by atoms with E-state index in [0.29, 0.717) is 43.1 Å². The van der Waals surface area contributed by atoms with Crippen LogP contribution >= 0.6 is 0 Å². The van der Waals surface area contributed by atoms with E-state index >= 15 is 0 Å². The summed E-state index contributed by atoms with van der Waals surface area (Å²) in [6.07, 6.45) is 4.01. The van der Waals surface area contributed by atoms with E-state index in [9.17, 15) is 14.7 Å². The van der Waals surface area contributed by atoms with E-state index in [-0.39, 0.29) is 17.4 Å². The van der Waals surface area contributed by atoms with Crippen molar-refractivity contribution in [2.24, 2.45) is 0 Å². The quantitative estimate of drug-likeness (QED) is 0.353. The Morgan fingerprint density at radius 2 is 1.97 bits per heavy atom. The summed E-state index contributed by atoms with van der Waals surface area (Å²) in [5.74, 6) is -0.752. The van der Waals surface area contributed by atoms with E-state index in [1.54, 1.807) is 41.6 Å². The number of aryl methyl sites for hydroxylation is 1. The summed E-state index contributed by atoms with van der Waals surface area (Å²) < 4.78 is 11.2. The molecule has 0 saturated carbocycles. The zero-order valence-corrected chi connectivity index (χ0v) is 20.6. The van der Waals surface area contributed by atoms with Gasteiger partial charge in [0.1, 0.15) is 11.5 Å². The average molecular weight is 480 g/mol. The van der Waals surface area contributed by atoms with Gasteiger partial charge in [0.15, 0.2) is 0 Å². The van der Waals surface area contributed by atoms with E-state index in [1.807, 2.05) is 26.8 Å². The van der Waals surface area contributed by atoms with Crippen molar-refractivity contribution in [1.82, 2.24) is 14.8 Å². The largest absolute Gasteiger partial charge is 0.507 e. The average Bonchev–Trinajstić information content (AvgIpc) is 3.11. The molecule has 8 nitrogen and oxygen atoms in total. The highest BCUT2D eigenvalue weighted by Gasteiger charge is 2.46. The minimum atomic E-state index is -0.694. The fourth-order valence-corrected chi connectivity index (χ4v) is 4.62. The number of hydrogen-bond acceptors (Lipinski definition) is 7. The van der Waals surface area contributed by atoms with Gasteiger partial charge in [-0.3, -0.25) is 19.5 Å². The number of Topliss-reactive ketones (excluding diaryl/α,β-unsaturated/α-hetero) is 1. The second kappa shape index (κ2) is 11.0. The van der Waals surface area contributed by atoms with Gasteiger partial charge in [0.05, 0.1) is 30.9 Å². The molecule has 1 unspecified atom stereocenters. The van der Waals surface area contributed by atoms with Gasteiger partial charge in [-0.2, -0.15) is 0 Å². The molecule has 2 aliphatic rings. The molecule has 2 fully saturated rings. The second-order valence-corrected chi connectivity index (χ2v) is 9.23. The number of carbonyl (C=O) groups is 2. The fraction of sp³-hybridized carbons (Fsp3) is 0.444. The minimum Gasteiger partial charge on any atom is -0.507 e. The molecule has 3 heterocycles. The van der Waals surface area contributed by atoms with Gasteiger partial charge in [-0.15, -0.1) is 0 Å². The van der Waals surface area contributed by atoms with Crippen LogP contribution < -0.4 is 4.74 Å². The predicted octanol–water partition coefficient (Wildman–Crippen LogP) is 3.32. The number of aromatic nitrogens is 1. The summed E-state index contributed by atoms with van der Waals surface area (Å²) in [6, 6.07) is 8.18. The first kappa shape index (κ1) is 24.9. The lowest BCUT2D eigenvalue weighted by molar-refractivity contribution is -0.140. The molecule has 2 aromatic rings. The van der Waals surface area contributed by atoms with Crippen molar-refractivity contribution in [3.05, 3.63) is 65.0 Å². The second-order valence-electron chi connectivity index (χ2n) is 9.23. The SMILES string of the molecule is Cc1cc(/C(O)=C2\C(=O)C(=O)N(CCCN3CCOCC3)C2c2cccnc2)ccc1OC(C)C. The van der Waals surface area contributed by atoms with E-state index in [0.717, 1.165) is 25.2 Å². The molecule has 1 atom stereocenters. The molecule has 1 aromatic carbocycles. The molecular formula is C27H33N3O5. The lowest BCUT2D eigenvalue weighted by atomic mass is 9.95. The maximum Gasteiger partial charge on any atom is 0.295 e. The van der Waals surface area contributed by atoms with Gasteiger partial charge >= 0.3 is 0 Å². The maximum atomic E-state index is 13.2. The zero-order chi connectivity index (χ0) is 24.9. The van der Waals surface area contributed by atoms with E-state index in [2.05, 4.69) is 9.88 Å². The Kier molecular flexibility index (Phi) is 7.83. The standard InChI is InChI=1S/C27H33N3O5/c1-18(2)35-22-8-7-20(16-19(22)3)25(31)23-24(21-6-4-9-28-17-21)30(27(33)26(23)32)11-5-10-29-12-14-34-15-13-29/h4,6-9,16-18,24,31H,5,10-15H2,1-3H3/b25-23+. The molecule has 2 saturated heterocycles. The zero-order valence-electron chi connectivity index (χ0n) is 20.6. The highest BCUT2D eigenvalue weighted by molar-refractivity contribution is 6.46. The molecule has 186 valence electrons. The van der Waals surface area contributed by atoms with Gasteiger partial charge in [0, 0.05) is 44.1 Å². The summed E-state index contributed by atoms with van der Waals surface area (Å²) in [7, 11) is 0. The molecule has 2 aliphatic heterocycles. The lowest BCUT2D eigenvalue weighted by Crippen LogP contribution is -2.39. The van der Waals surface area contributed by atoms with E-state index in [1.165, 1.54) is 0 Å². The van der Waals surface area contributed by atoms with Crippen molar-refractivity contribution < 1.29 is 24.2 Å². The number of benzene rings is 1. The molecular weight excluding hydrogens is 446 g/mol. The van der Waals surface area contributed by atoms with Gasteiger partial charge in [-0.1, -0.05) is 6.07 Å². The topological polar surface area (TPSA) is 92.2 Å². The number of amides is 1. The third-order valence-corrected chi connectivity index (χ3v) is 6.33. The summed E-state index contributed by atoms with van der Waals surface area (Å²) in [4.78, 5) is 34.4. The van der Waals surface area contributed by atoms with Crippen LogP contribution in [0.1, 0.15) is 43.0 Å². The van der Waals surface area contributed by atoms with Crippen molar-refractivity contribution in [3.63, 3.8) is 0 Å². The molecule has 0 spiro atoms. The van der Waals surface area contributed by atoms with Crippen molar-refractivity contribution in [3.8, 4) is 5.75 Å². The number of pyridine rings is 1. The van der Waals surface area contributed by atoms with Crippen LogP contribution in [-0.2, 0) is 14.3 Å². The number of aliphatic hydroxyl groups is 1. The summed E-state index contributed by atoms with van der Waals surface area (Å²) >= 11 is 0. The number of carbonyl (C=O) groups excluding carboxylic acids is 2. The van der Waals surface area contributed by atoms with Gasteiger partial charge < -0.3 is 19.5 Å². The third kappa shape index (κ3) is 5.55. The van der Waals surface area contributed by atoms with Crippen LogP contribution in [0.3, 0.4) is 0 Å². The lowest BCUT2D eigenvalue weighted by Gasteiger charge is -2.29. The molecule has 1 amide bonds. The summed E-state index contributed by atoms with van der Waals surface area (Å²) in [5, 5.41) is 11.3. The Bertz CT molecular complexity index is 1090. The van der Waals surface area contributed by atoms with Crippen LogP contribution in [0.5, 0.6) is 5.75 Å². The number of morpholine rings is 1. The summed E-state index contributed by atoms with van der Waals surface area (Å²) in [6.45, 7) is 10.1. The number of rotatable bonds is 8. The molecule has 1 N–H and O–H groups in total. The first-order chi connectivity index (χ1) is 16.9. The van der Waals surface area contributed by atoms with Crippen LogP contribution in [-0.4, -0.2) is 77.1 Å². The Hall–Kier alpha value is -3.23. The fourth-order valence-electron chi connectivity index (χ4n) is 4.62. The first-order valence-corrected chi connectivity index (χ1v) is 12.1. The third-order valence-electron chi connectivity index (χ3n) is 6.33. The monoisotopic (exact) mass is 479 g/mol. The molecule has 0 aliphatic carbocycles. The molecule has 0 bridgehead atoms. The molecule has 35 heavy (non-hydrogen) atoms. The van der Waals surface area contributed by atoms with E-state index < -0.39 is 17.7 Å². The maximum absolute atomic E-state index is 13.2. The number of hydrogen-bond donors (Lipinski definition) is 1. The smallest absolute Gasteiger partial charge is 0.295 e. The number of nitrogens with zero attached hydrogens (tertiary/aromatic N) is 3. The molecule has 0 radical (unpaired) electrons. The minimum absolute atomic E-state index is 0.0153. The van der Waals surface area contributed by atoms with Gasteiger partial charge in [-0.05, 0) is 62.6 Å². The number of ether oxygens (including phenoxy) is 2. The molecule has 1 aromatic heterocycles. The predicted molar refractivity (Wildman–Crippen MR) is 132 cm³/mol. The molecule has 4 rings (SSSR count). The van der Waals surface area contributed by atoms with Crippen LogP contribution in [0, 0.1) is 6.92 Å². The highest BCUT2D eigenvalue weighted by Crippen LogP contribution is 2.39. The Morgan fingerprint density at radius 1 is 1.20 bits per heavy atom. The molecule has 8 heteroatoms. The Morgan fingerprint density at radius 3 is 2.63 bits per heavy atom. The van der Waals surface area contributed by atoms with Crippen LogP contribution in [0.25, 0.3) is 5.76 Å². The number of ketones is 1. The number of likely N-dealkylation sites (tertiary alicyclic amines) is 1. The Balaban J connectivity index is 1.65. The van der Waals surface area contributed by atoms with Crippen molar-refractivity contribution in [2.75, 3.05) is 39.4 Å². The Labute approximate surface area is 206 Å². The van der Waals surface area contributed by atoms with E-state index in [4.69, 9.17) is 9.47 Å². The van der Waals surface area contributed by atoms with Crippen LogP contribution in [0.4, 0.5) is 0 Å². The first-order valence-electron chi connectivity index (χ1n) is 12.1. The van der Waals surface area contributed by atoms with Crippen molar-refractivity contribution >= 4 is 17.4 Å². The van der Waals surface area contributed by atoms with Crippen molar-refractivity contribution in [2.45, 2.75) is 39.3 Å². The van der Waals surface area contributed by atoms with Gasteiger partial charge in [0.2, 0.25) is 0 Å².